The van der Waals surface area contributed by atoms with Gasteiger partial charge in [-0.25, -0.2) is 8.42 Å². The van der Waals surface area contributed by atoms with Crippen LogP contribution in [0.3, 0.4) is 0 Å². The second kappa shape index (κ2) is 10.1. The van der Waals surface area contributed by atoms with Gasteiger partial charge >= 0.3 is 0 Å². The van der Waals surface area contributed by atoms with Gasteiger partial charge in [0.05, 0.1) is 17.7 Å². The predicted molar refractivity (Wildman–Crippen MR) is 131 cm³/mol. The van der Waals surface area contributed by atoms with E-state index >= 15 is 0 Å². The van der Waals surface area contributed by atoms with Gasteiger partial charge in [-0.1, -0.05) is 48.0 Å². The summed E-state index contributed by atoms with van der Waals surface area (Å²) in [5.74, 6) is -0.173. The van der Waals surface area contributed by atoms with Crippen LogP contribution in [0.2, 0.25) is 0 Å². The molecule has 8 nitrogen and oxygen atoms in total. The molecule has 2 heterocycles. The van der Waals surface area contributed by atoms with Crippen LogP contribution in [0.1, 0.15) is 23.8 Å². The summed E-state index contributed by atoms with van der Waals surface area (Å²) in [6.45, 7) is 3.47. The zero-order valence-electron chi connectivity index (χ0n) is 19.8. The molecule has 2 aromatic carbocycles. The maximum absolute atomic E-state index is 13.5. The highest BCUT2D eigenvalue weighted by molar-refractivity contribution is 7.89. The van der Waals surface area contributed by atoms with Crippen LogP contribution < -0.4 is 5.32 Å². The highest BCUT2D eigenvalue weighted by Gasteiger charge is 2.50. The van der Waals surface area contributed by atoms with Crippen LogP contribution in [-0.2, 0) is 32.6 Å². The lowest BCUT2D eigenvalue weighted by atomic mass is 9.95. The summed E-state index contributed by atoms with van der Waals surface area (Å²) in [5.41, 5.74) is 0.417. The number of carbonyl (C=O) groups is 2. The number of nitrogens with one attached hydrogen (secondary N) is 1. The molecule has 1 aliphatic rings. The zero-order chi connectivity index (χ0) is 25.1. The molecule has 1 N–H and O–H groups in total. The molecule has 0 radical (unpaired) electrons. The molecule has 2 amide bonds. The standard InChI is InChI=1S/C26H29N3O5S/c1-20-10-12-23(13-11-20)35(32,33)28-18-24(30)29(15-14-22-9-6-16-34-22)26(2,19-28)25(31)27-17-21-7-4-3-5-8-21/h3-13,16H,14-15,17-19H2,1-2H3,(H,27,31). The van der Waals surface area contributed by atoms with Crippen LogP contribution in [0.25, 0.3) is 0 Å². The summed E-state index contributed by atoms with van der Waals surface area (Å²) in [6, 6.07) is 19.4. The fourth-order valence-electron chi connectivity index (χ4n) is 4.24. The van der Waals surface area contributed by atoms with Crippen LogP contribution >= 0.6 is 0 Å². The van der Waals surface area contributed by atoms with Gasteiger partial charge in [-0.05, 0) is 43.7 Å². The Kier molecular flexibility index (Phi) is 7.09. The average Bonchev–Trinajstić information content (AvgIpc) is 3.36. The van der Waals surface area contributed by atoms with E-state index in [1.165, 1.54) is 17.0 Å². The summed E-state index contributed by atoms with van der Waals surface area (Å²) in [7, 11) is -3.98. The summed E-state index contributed by atoms with van der Waals surface area (Å²) in [4.78, 5) is 28.4. The van der Waals surface area contributed by atoms with E-state index in [0.29, 0.717) is 12.2 Å². The zero-order valence-corrected chi connectivity index (χ0v) is 20.6. The van der Waals surface area contributed by atoms with E-state index in [0.717, 1.165) is 15.4 Å². The van der Waals surface area contributed by atoms with Gasteiger partial charge in [0, 0.05) is 26.1 Å². The highest BCUT2D eigenvalue weighted by atomic mass is 32.2. The predicted octanol–water partition coefficient (Wildman–Crippen LogP) is 2.74. The Morgan fingerprint density at radius 3 is 2.43 bits per heavy atom. The first-order valence-corrected chi connectivity index (χ1v) is 12.9. The van der Waals surface area contributed by atoms with Crippen molar-refractivity contribution in [3.8, 4) is 0 Å². The van der Waals surface area contributed by atoms with E-state index in [9.17, 15) is 18.0 Å². The van der Waals surface area contributed by atoms with Crippen molar-refractivity contribution in [1.82, 2.24) is 14.5 Å². The van der Waals surface area contributed by atoms with Gasteiger partial charge in [0.2, 0.25) is 21.8 Å². The Labute approximate surface area is 205 Å². The first-order chi connectivity index (χ1) is 16.7. The third-order valence-corrected chi connectivity index (χ3v) is 8.10. The number of hydrogen-bond donors (Lipinski definition) is 1. The normalized spacial score (nSPS) is 19.0. The molecule has 0 saturated carbocycles. The van der Waals surface area contributed by atoms with E-state index < -0.39 is 27.4 Å². The second-order valence-electron chi connectivity index (χ2n) is 8.90. The van der Waals surface area contributed by atoms with Crippen LogP contribution in [0.5, 0.6) is 0 Å². The van der Waals surface area contributed by atoms with Gasteiger partial charge in [-0.15, -0.1) is 0 Å². The molecule has 35 heavy (non-hydrogen) atoms. The smallest absolute Gasteiger partial charge is 0.247 e. The van der Waals surface area contributed by atoms with Crippen molar-refractivity contribution in [2.45, 2.75) is 37.2 Å². The summed E-state index contributed by atoms with van der Waals surface area (Å²) in [5, 5.41) is 2.89. The summed E-state index contributed by atoms with van der Waals surface area (Å²) >= 11 is 0. The number of carbonyl (C=O) groups excluding carboxylic acids is 2. The minimum absolute atomic E-state index is 0.0898. The van der Waals surface area contributed by atoms with Crippen molar-refractivity contribution in [2.24, 2.45) is 0 Å². The van der Waals surface area contributed by atoms with E-state index in [1.807, 2.05) is 37.3 Å². The molecular weight excluding hydrogens is 466 g/mol. The lowest BCUT2D eigenvalue weighted by molar-refractivity contribution is -0.152. The second-order valence-corrected chi connectivity index (χ2v) is 10.8. The van der Waals surface area contributed by atoms with Gasteiger partial charge in [0.15, 0.2) is 0 Å². The van der Waals surface area contributed by atoms with Gasteiger partial charge in [0.1, 0.15) is 11.3 Å². The lowest BCUT2D eigenvalue weighted by Crippen LogP contribution is -2.69. The number of furan rings is 1. The number of amides is 2. The van der Waals surface area contributed by atoms with E-state index in [-0.39, 0.29) is 31.1 Å². The monoisotopic (exact) mass is 495 g/mol. The van der Waals surface area contributed by atoms with Gasteiger partial charge in [-0.3, -0.25) is 9.59 Å². The largest absolute Gasteiger partial charge is 0.469 e. The van der Waals surface area contributed by atoms with Crippen LogP contribution in [0, 0.1) is 6.92 Å². The summed E-state index contributed by atoms with van der Waals surface area (Å²) < 4.78 is 33.3. The Balaban J connectivity index is 1.61. The molecule has 1 aliphatic heterocycles. The van der Waals surface area contributed by atoms with E-state index in [2.05, 4.69) is 5.32 Å². The summed E-state index contributed by atoms with van der Waals surface area (Å²) in [6.07, 6.45) is 1.96. The number of piperazine rings is 1. The van der Waals surface area contributed by atoms with E-state index in [1.54, 1.807) is 37.5 Å². The molecule has 1 fully saturated rings. The number of rotatable bonds is 8. The number of aryl methyl sites for hydroxylation is 1. The Hall–Kier alpha value is -3.43. The minimum atomic E-state index is -3.98. The average molecular weight is 496 g/mol. The fraction of sp³-hybridized carbons (Fsp3) is 0.308. The maximum Gasteiger partial charge on any atom is 0.247 e. The van der Waals surface area contributed by atoms with Gasteiger partial charge < -0.3 is 14.6 Å². The van der Waals surface area contributed by atoms with Crippen molar-refractivity contribution in [2.75, 3.05) is 19.6 Å². The molecule has 3 aromatic rings. The van der Waals surface area contributed by atoms with Gasteiger partial charge in [-0.2, -0.15) is 4.31 Å². The highest BCUT2D eigenvalue weighted by Crippen LogP contribution is 2.28. The first kappa shape index (κ1) is 24.7. The number of benzene rings is 2. The molecule has 1 aromatic heterocycles. The maximum atomic E-state index is 13.5. The third kappa shape index (κ3) is 5.31. The molecular formula is C26H29N3O5S. The minimum Gasteiger partial charge on any atom is -0.469 e. The van der Waals surface area contributed by atoms with Crippen molar-refractivity contribution >= 4 is 21.8 Å². The van der Waals surface area contributed by atoms with Crippen LogP contribution in [-0.4, -0.2) is 54.6 Å². The SMILES string of the molecule is Cc1ccc(S(=O)(=O)N2CC(=O)N(CCc3ccco3)C(C)(C(=O)NCc3ccccc3)C2)cc1. The molecule has 0 bridgehead atoms. The van der Waals surface area contributed by atoms with E-state index in [4.69, 9.17) is 4.42 Å². The molecule has 1 atom stereocenters. The number of hydrogen-bond acceptors (Lipinski definition) is 5. The molecule has 4 rings (SSSR count). The molecule has 9 heteroatoms. The Bertz CT molecular complexity index is 1270. The van der Waals surface area contributed by atoms with Crippen molar-refractivity contribution in [1.29, 1.82) is 0 Å². The van der Waals surface area contributed by atoms with Gasteiger partial charge in [0.25, 0.3) is 0 Å². The number of nitrogens with zero attached hydrogens (tertiary/aromatic N) is 2. The Morgan fingerprint density at radius 1 is 1.06 bits per heavy atom. The quantitative estimate of drug-likeness (QED) is 0.518. The molecule has 1 saturated heterocycles. The molecule has 1 unspecified atom stereocenters. The molecule has 0 spiro atoms. The molecule has 184 valence electrons. The van der Waals surface area contributed by atoms with Crippen LogP contribution in [0.4, 0.5) is 0 Å². The first-order valence-electron chi connectivity index (χ1n) is 11.4. The molecule has 0 aliphatic carbocycles. The third-order valence-electron chi connectivity index (χ3n) is 6.30. The van der Waals surface area contributed by atoms with Crippen LogP contribution in [0.15, 0.2) is 82.3 Å². The topological polar surface area (TPSA) is 99.9 Å². The van der Waals surface area contributed by atoms with Crippen molar-refractivity contribution in [3.63, 3.8) is 0 Å². The van der Waals surface area contributed by atoms with Crippen molar-refractivity contribution in [3.05, 3.63) is 89.9 Å². The fourth-order valence-corrected chi connectivity index (χ4v) is 5.72. The number of sulfonamides is 1. The lowest BCUT2D eigenvalue weighted by Gasteiger charge is -2.46. The Morgan fingerprint density at radius 2 is 1.77 bits per heavy atom. The van der Waals surface area contributed by atoms with Crippen molar-refractivity contribution < 1.29 is 22.4 Å².